The van der Waals surface area contributed by atoms with Gasteiger partial charge in [-0.2, -0.15) is 0 Å². The summed E-state index contributed by atoms with van der Waals surface area (Å²) in [6.07, 6.45) is 4.44. The fourth-order valence-corrected chi connectivity index (χ4v) is 4.54. The highest BCUT2D eigenvalue weighted by Crippen LogP contribution is 2.43. The maximum Gasteiger partial charge on any atom is 0.349 e. The molecule has 1 aliphatic rings. The molecule has 0 aliphatic heterocycles. The summed E-state index contributed by atoms with van der Waals surface area (Å²) in [5, 5.41) is 0. The van der Waals surface area contributed by atoms with E-state index in [1.165, 1.54) is 18.2 Å². The largest absolute Gasteiger partial charge is 0.458 e. The molecule has 1 saturated carbocycles. The molecule has 1 aliphatic carbocycles. The quantitative estimate of drug-likeness (QED) is 0.438. The van der Waals surface area contributed by atoms with Crippen LogP contribution in [0.1, 0.15) is 64.1 Å². The van der Waals surface area contributed by atoms with Gasteiger partial charge >= 0.3 is 5.97 Å². The number of carbonyl (C=O) groups is 1. The number of hydrogen-bond donors (Lipinski definition) is 0. The van der Waals surface area contributed by atoms with E-state index in [0.29, 0.717) is 11.8 Å². The monoisotopic (exact) mass is 391 g/mol. The fraction of sp³-hybridized carbons (Fsp3) is 0.462. The van der Waals surface area contributed by atoms with Gasteiger partial charge in [-0.15, -0.1) is 0 Å². The van der Waals surface area contributed by atoms with Crippen LogP contribution in [0.4, 0.5) is 0 Å². The van der Waals surface area contributed by atoms with Crippen molar-refractivity contribution in [2.24, 2.45) is 16.8 Å². The average Bonchev–Trinajstić information content (AvgIpc) is 2.73. The molecule has 0 N–H and O–H groups in total. The molecule has 0 saturated heterocycles. The molecule has 154 valence electrons. The lowest BCUT2D eigenvalue weighted by molar-refractivity contribution is -0.147. The first-order valence-electron chi connectivity index (χ1n) is 10.7. The maximum absolute atomic E-state index is 12.6. The molecule has 4 atom stereocenters. The Labute approximate surface area is 175 Å². The second-order valence-electron chi connectivity index (χ2n) is 8.95. The molecular weight excluding hydrogens is 358 g/mol. The first kappa shape index (κ1) is 21.3. The Morgan fingerprint density at radius 3 is 2.34 bits per heavy atom. The Hall–Kier alpha value is -2.42. The molecule has 0 aromatic heterocycles. The van der Waals surface area contributed by atoms with Crippen molar-refractivity contribution in [1.29, 1.82) is 0 Å². The van der Waals surface area contributed by atoms with Gasteiger partial charge in [-0.1, -0.05) is 87.9 Å². The zero-order chi connectivity index (χ0) is 20.9. The lowest BCUT2D eigenvalue weighted by atomic mass is 9.64. The van der Waals surface area contributed by atoms with Gasteiger partial charge in [0.2, 0.25) is 0 Å². The number of carbonyl (C=O) groups excluding carboxylic acids is 1. The molecule has 0 spiro atoms. The third-order valence-corrected chi connectivity index (χ3v) is 6.45. The maximum atomic E-state index is 12.6. The van der Waals surface area contributed by atoms with Gasteiger partial charge < -0.3 is 4.74 Å². The van der Waals surface area contributed by atoms with Crippen molar-refractivity contribution in [3.05, 3.63) is 71.8 Å². The summed E-state index contributed by atoms with van der Waals surface area (Å²) in [4.78, 5) is 17.0. The van der Waals surface area contributed by atoms with E-state index in [2.05, 4.69) is 50.0 Å². The Morgan fingerprint density at radius 1 is 1.07 bits per heavy atom. The molecular formula is C26H33NO2. The highest BCUT2D eigenvalue weighted by molar-refractivity contribution is 6.23. The van der Waals surface area contributed by atoms with E-state index in [-0.39, 0.29) is 23.5 Å². The van der Waals surface area contributed by atoms with Crippen LogP contribution in [-0.4, -0.2) is 18.3 Å². The van der Waals surface area contributed by atoms with Crippen LogP contribution in [0, 0.1) is 11.8 Å². The summed E-state index contributed by atoms with van der Waals surface area (Å²) in [6.45, 7) is 8.78. The molecule has 2 aromatic rings. The van der Waals surface area contributed by atoms with Gasteiger partial charge in [-0.05, 0) is 42.2 Å². The first-order valence-corrected chi connectivity index (χ1v) is 10.7. The van der Waals surface area contributed by atoms with E-state index >= 15 is 0 Å². The summed E-state index contributed by atoms with van der Waals surface area (Å²) >= 11 is 0. The van der Waals surface area contributed by atoms with Gasteiger partial charge in [0.1, 0.15) is 12.3 Å². The summed E-state index contributed by atoms with van der Waals surface area (Å²) in [5.74, 6) is 0.529. The number of aliphatic imine (C=N–C) groups is 1. The van der Waals surface area contributed by atoms with Crippen LogP contribution in [0.2, 0.25) is 0 Å². The normalized spacial score (nSPS) is 23.7. The molecule has 0 radical (unpaired) electrons. The van der Waals surface area contributed by atoms with Crippen LogP contribution in [-0.2, 0) is 14.9 Å². The molecule has 3 nitrogen and oxygen atoms in total. The molecule has 0 amide bonds. The van der Waals surface area contributed by atoms with Crippen molar-refractivity contribution in [2.45, 2.75) is 64.5 Å². The second-order valence-corrected chi connectivity index (χ2v) is 8.95. The topological polar surface area (TPSA) is 38.7 Å². The molecule has 3 heteroatoms. The minimum atomic E-state index is -0.333. The van der Waals surface area contributed by atoms with Crippen LogP contribution in [0.5, 0.6) is 0 Å². The Balaban J connectivity index is 1.71. The summed E-state index contributed by atoms with van der Waals surface area (Å²) in [6, 6.07) is 20.5. The van der Waals surface area contributed by atoms with Gasteiger partial charge in [0.05, 0.1) is 6.04 Å². The van der Waals surface area contributed by atoms with Crippen molar-refractivity contribution >= 4 is 12.2 Å². The van der Waals surface area contributed by atoms with E-state index in [9.17, 15) is 4.79 Å². The molecule has 1 fully saturated rings. The highest BCUT2D eigenvalue weighted by atomic mass is 16.5. The third kappa shape index (κ3) is 5.35. The fourth-order valence-electron chi connectivity index (χ4n) is 4.54. The zero-order valence-corrected chi connectivity index (χ0v) is 18.0. The minimum absolute atomic E-state index is 0.0547. The van der Waals surface area contributed by atoms with Gasteiger partial charge in [-0.3, -0.25) is 4.99 Å². The summed E-state index contributed by atoms with van der Waals surface area (Å²) < 4.78 is 5.98. The first-order chi connectivity index (χ1) is 13.9. The molecule has 2 aromatic carbocycles. The SMILES string of the molecule is C[C@@H]1CC[C@@H](C(C)(C)c2ccccc2)[C@H](OC(=O)C=N[C@@H](C)c2ccccc2)C1. The summed E-state index contributed by atoms with van der Waals surface area (Å²) in [7, 11) is 0. The summed E-state index contributed by atoms with van der Waals surface area (Å²) in [5.41, 5.74) is 2.33. The van der Waals surface area contributed by atoms with Crippen molar-refractivity contribution in [3.8, 4) is 0 Å². The van der Waals surface area contributed by atoms with E-state index < -0.39 is 0 Å². The Bertz CT molecular complexity index is 813. The standard InChI is InChI=1S/C26H33NO2/c1-19-15-16-23(26(3,4)22-13-9-6-10-14-22)24(17-19)29-25(28)18-27-20(2)21-11-7-5-8-12-21/h5-14,18-20,23-24H,15-17H2,1-4H3/t19-,20+,23-,24-/m1/s1. The van der Waals surface area contributed by atoms with Crippen LogP contribution in [0.15, 0.2) is 65.7 Å². The number of rotatable bonds is 6. The number of ether oxygens (including phenoxy) is 1. The van der Waals surface area contributed by atoms with Gasteiger partial charge in [0, 0.05) is 5.92 Å². The van der Waals surface area contributed by atoms with Gasteiger partial charge in [0.15, 0.2) is 0 Å². The average molecular weight is 392 g/mol. The number of esters is 1. The Kier molecular flexibility index (Phi) is 6.89. The lowest BCUT2D eigenvalue weighted by Gasteiger charge is -2.43. The number of benzene rings is 2. The van der Waals surface area contributed by atoms with E-state index in [1.807, 2.05) is 43.3 Å². The molecule has 0 unspecified atom stereocenters. The van der Waals surface area contributed by atoms with Crippen LogP contribution >= 0.6 is 0 Å². The van der Waals surface area contributed by atoms with E-state index in [4.69, 9.17) is 4.74 Å². The van der Waals surface area contributed by atoms with Gasteiger partial charge in [-0.25, -0.2) is 4.79 Å². The smallest absolute Gasteiger partial charge is 0.349 e. The highest BCUT2D eigenvalue weighted by Gasteiger charge is 2.41. The van der Waals surface area contributed by atoms with Crippen molar-refractivity contribution in [1.82, 2.24) is 0 Å². The lowest BCUT2D eigenvalue weighted by Crippen LogP contribution is -2.43. The third-order valence-electron chi connectivity index (χ3n) is 6.45. The molecule has 3 rings (SSSR count). The molecule has 0 heterocycles. The van der Waals surface area contributed by atoms with Crippen molar-refractivity contribution < 1.29 is 9.53 Å². The molecule has 0 bridgehead atoms. The second kappa shape index (κ2) is 9.39. The van der Waals surface area contributed by atoms with Crippen molar-refractivity contribution in [2.75, 3.05) is 0 Å². The zero-order valence-electron chi connectivity index (χ0n) is 18.0. The van der Waals surface area contributed by atoms with Crippen LogP contribution in [0.3, 0.4) is 0 Å². The van der Waals surface area contributed by atoms with Crippen molar-refractivity contribution in [3.63, 3.8) is 0 Å². The number of hydrogen-bond acceptors (Lipinski definition) is 3. The predicted octanol–water partition coefficient (Wildman–Crippen LogP) is 6.14. The predicted molar refractivity (Wildman–Crippen MR) is 119 cm³/mol. The molecule has 29 heavy (non-hydrogen) atoms. The Morgan fingerprint density at radius 2 is 1.69 bits per heavy atom. The van der Waals surface area contributed by atoms with E-state index in [0.717, 1.165) is 18.4 Å². The van der Waals surface area contributed by atoms with Gasteiger partial charge in [0.25, 0.3) is 0 Å². The number of nitrogens with zero attached hydrogens (tertiary/aromatic N) is 1. The van der Waals surface area contributed by atoms with Crippen LogP contribution in [0.25, 0.3) is 0 Å². The van der Waals surface area contributed by atoms with E-state index in [1.54, 1.807) is 0 Å². The van der Waals surface area contributed by atoms with Crippen LogP contribution < -0.4 is 0 Å². The minimum Gasteiger partial charge on any atom is -0.458 e.